The van der Waals surface area contributed by atoms with Gasteiger partial charge in [0.05, 0.1) is 11.4 Å². The van der Waals surface area contributed by atoms with Crippen LogP contribution in [-0.2, 0) is 0 Å². The van der Waals surface area contributed by atoms with Crippen LogP contribution in [0.15, 0.2) is 60.8 Å². The molecule has 106 valence electrons. The Hall–Kier alpha value is -2.17. The van der Waals surface area contributed by atoms with Crippen LogP contribution in [0.2, 0.25) is 5.02 Å². The van der Waals surface area contributed by atoms with E-state index in [0.717, 1.165) is 5.69 Å². The molecule has 0 aliphatic carbocycles. The Morgan fingerprint density at radius 1 is 1.10 bits per heavy atom. The van der Waals surface area contributed by atoms with Crippen molar-refractivity contribution in [2.24, 2.45) is 0 Å². The largest absolute Gasteiger partial charge is 0.382 e. The summed E-state index contributed by atoms with van der Waals surface area (Å²) in [7, 11) is 0. The molecule has 1 atom stereocenters. The van der Waals surface area contributed by atoms with Crippen LogP contribution in [0.4, 0.5) is 4.39 Å². The number of hydrogen-bond donors (Lipinski definition) is 1. The van der Waals surface area contributed by atoms with E-state index in [4.69, 9.17) is 11.6 Å². The van der Waals surface area contributed by atoms with E-state index in [0.29, 0.717) is 11.3 Å². The summed E-state index contributed by atoms with van der Waals surface area (Å²) in [6.45, 7) is 0. The summed E-state index contributed by atoms with van der Waals surface area (Å²) in [6, 6.07) is 15.1. The second-order valence-corrected chi connectivity index (χ2v) is 4.98. The lowest BCUT2D eigenvalue weighted by molar-refractivity contribution is 0.212. The normalized spacial score (nSPS) is 12.3. The van der Waals surface area contributed by atoms with Crippen LogP contribution in [0.1, 0.15) is 17.4 Å². The Kier molecular flexibility index (Phi) is 3.73. The van der Waals surface area contributed by atoms with Crippen molar-refractivity contribution in [2.45, 2.75) is 6.10 Å². The van der Waals surface area contributed by atoms with Gasteiger partial charge in [0.25, 0.3) is 0 Å². The van der Waals surface area contributed by atoms with Crippen LogP contribution in [0, 0.1) is 5.82 Å². The van der Waals surface area contributed by atoms with Gasteiger partial charge in [0, 0.05) is 16.8 Å². The number of rotatable bonds is 3. The van der Waals surface area contributed by atoms with Crippen molar-refractivity contribution in [1.29, 1.82) is 0 Å². The lowest BCUT2D eigenvalue weighted by atomic mass is 10.1. The van der Waals surface area contributed by atoms with E-state index >= 15 is 0 Å². The molecule has 1 N–H and O–H groups in total. The summed E-state index contributed by atoms with van der Waals surface area (Å²) in [5, 5.41) is 14.9. The fourth-order valence-electron chi connectivity index (χ4n) is 2.19. The minimum atomic E-state index is -0.985. The molecule has 2 aromatic carbocycles. The number of nitrogens with zero attached hydrogens (tertiary/aromatic N) is 2. The molecule has 21 heavy (non-hydrogen) atoms. The number of benzene rings is 2. The average Bonchev–Trinajstić information content (AvgIpc) is 2.97. The lowest BCUT2D eigenvalue weighted by Crippen LogP contribution is -2.09. The van der Waals surface area contributed by atoms with E-state index in [2.05, 4.69) is 5.10 Å². The van der Waals surface area contributed by atoms with Crippen molar-refractivity contribution in [3.05, 3.63) is 82.9 Å². The number of aliphatic hydroxyl groups excluding tert-OH is 1. The van der Waals surface area contributed by atoms with Gasteiger partial charge in [0.15, 0.2) is 0 Å². The molecular formula is C16H12ClFN2O. The third kappa shape index (κ3) is 2.68. The smallest absolute Gasteiger partial charge is 0.124 e. The van der Waals surface area contributed by atoms with Crippen molar-refractivity contribution in [1.82, 2.24) is 9.78 Å². The first kappa shape index (κ1) is 13.8. The molecule has 0 amide bonds. The van der Waals surface area contributed by atoms with E-state index in [-0.39, 0.29) is 5.02 Å². The van der Waals surface area contributed by atoms with Crippen LogP contribution >= 0.6 is 11.6 Å². The molecule has 3 rings (SSSR count). The number of para-hydroxylation sites is 1. The number of hydrogen-bond acceptors (Lipinski definition) is 2. The average molecular weight is 303 g/mol. The molecule has 0 saturated carbocycles. The van der Waals surface area contributed by atoms with Gasteiger partial charge >= 0.3 is 0 Å². The van der Waals surface area contributed by atoms with Crippen molar-refractivity contribution < 1.29 is 9.50 Å². The molecule has 3 aromatic rings. The highest BCUT2D eigenvalue weighted by molar-refractivity contribution is 6.31. The highest BCUT2D eigenvalue weighted by Gasteiger charge is 2.19. The molecular weight excluding hydrogens is 291 g/mol. The van der Waals surface area contributed by atoms with Crippen molar-refractivity contribution in [2.75, 3.05) is 0 Å². The first-order valence-corrected chi connectivity index (χ1v) is 6.77. The molecule has 0 bridgehead atoms. The minimum absolute atomic E-state index is 0.184. The Morgan fingerprint density at radius 3 is 2.57 bits per heavy atom. The van der Waals surface area contributed by atoms with Crippen molar-refractivity contribution >= 4 is 11.6 Å². The SMILES string of the molecule is OC(c1ccc(F)cc1Cl)c1ccnn1-c1ccccc1. The molecule has 1 aromatic heterocycles. The van der Waals surface area contributed by atoms with Gasteiger partial charge in [0.1, 0.15) is 11.9 Å². The fraction of sp³-hybridized carbons (Fsp3) is 0.0625. The third-order valence-electron chi connectivity index (χ3n) is 3.21. The third-order valence-corrected chi connectivity index (χ3v) is 3.54. The Bertz CT molecular complexity index is 758. The maximum absolute atomic E-state index is 13.1. The van der Waals surface area contributed by atoms with E-state index in [1.807, 2.05) is 30.3 Å². The molecule has 0 saturated heterocycles. The Labute approximate surface area is 126 Å². The number of halogens is 2. The second kappa shape index (κ2) is 5.68. The quantitative estimate of drug-likeness (QED) is 0.800. The molecule has 0 spiro atoms. The van der Waals surface area contributed by atoms with Crippen molar-refractivity contribution in [3.8, 4) is 5.69 Å². The van der Waals surface area contributed by atoms with Crippen LogP contribution in [-0.4, -0.2) is 14.9 Å². The van der Waals surface area contributed by atoms with Crippen LogP contribution in [0.5, 0.6) is 0 Å². The maximum Gasteiger partial charge on any atom is 0.124 e. The summed E-state index contributed by atoms with van der Waals surface area (Å²) >= 11 is 6.01. The standard InChI is InChI=1S/C16H12ClFN2O/c17-14-10-11(18)6-7-13(14)16(21)15-8-9-19-20(15)12-4-2-1-3-5-12/h1-10,16,21H. The van der Waals surface area contributed by atoms with Gasteiger partial charge in [-0.15, -0.1) is 0 Å². The second-order valence-electron chi connectivity index (χ2n) is 4.57. The summed E-state index contributed by atoms with van der Waals surface area (Å²) in [5.74, 6) is -0.437. The summed E-state index contributed by atoms with van der Waals surface area (Å²) in [5.41, 5.74) is 1.83. The molecule has 0 aliphatic rings. The monoisotopic (exact) mass is 302 g/mol. The van der Waals surface area contributed by atoms with Crippen LogP contribution < -0.4 is 0 Å². The van der Waals surface area contributed by atoms with Crippen LogP contribution in [0.25, 0.3) is 5.69 Å². The fourth-order valence-corrected chi connectivity index (χ4v) is 2.46. The zero-order valence-electron chi connectivity index (χ0n) is 10.9. The molecule has 0 radical (unpaired) electrons. The molecule has 0 fully saturated rings. The summed E-state index contributed by atoms with van der Waals surface area (Å²) < 4.78 is 14.7. The van der Waals surface area contributed by atoms with E-state index in [9.17, 15) is 9.50 Å². The predicted molar refractivity (Wildman–Crippen MR) is 79.0 cm³/mol. The molecule has 0 aliphatic heterocycles. The zero-order valence-corrected chi connectivity index (χ0v) is 11.7. The predicted octanol–water partition coefficient (Wildman–Crippen LogP) is 3.75. The first-order valence-electron chi connectivity index (χ1n) is 6.39. The highest BCUT2D eigenvalue weighted by atomic mass is 35.5. The summed E-state index contributed by atoms with van der Waals surface area (Å²) in [6.07, 6.45) is 0.615. The summed E-state index contributed by atoms with van der Waals surface area (Å²) in [4.78, 5) is 0. The Morgan fingerprint density at radius 2 is 1.86 bits per heavy atom. The molecule has 3 nitrogen and oxygen atoms in total. The lowest BCUT2D eigenvalue weighted by Gasteiger charge is -2.15. The molecule has 1 heterocycles. The van der Waals surface area contributed by atoms with Gasteiger partial charge in [-0.25, -0.2) is 9.07 Å². The van der Waals surface area contributed by atoms with Gasteiger partial charge in [-0.1, -0.05) is 35.9 Å². The molecule has 1 unspecified atom stereocenters. The van der Waals surface area contributed by atoms with Gasteiger partial charge in [-0.3, -0.25) is 0 Å². The van der Waals surface area contributed by atoms with Gasteiger partial charge in [-0.2, -0.15) is 5.10 Å². The van der Waals surface area contributed by atoms with E-state index in [1.165, 1.54) is 18.2 Å². The first-order chi connectivity index (χ1) is 10.2. The van der Waals surface area contributed by atoms with Gasteiger partial charge < -0.3 is 5.11 Å². The minimum Gasteiger partial charge on any atom is -0.382 e. The van der Waals surface area contributed by atoms with E-state index in [1.54, 1.807) is 16.9 Å². The maximum atomic E-state index is 13.1. The topological polar surface area (TPSA) is 38.1 Å². The van der Waals surface area contributed by atoms with Crippen LogP contribution in [0.3, 0.4) is 0 Å². The number of aromatic nitrogens is 2. The zero-order chi connectivity index (χ0) is 14.8. The molecule has 5 heteroatoms. The van der Waals surface area contributed by atoms with Gasteiger partial charge in [-0.05, 0) is 30.3 Å². The van der Waals surface area contributed by atoms with E-state index < -0.39 is 11.9 Å². The van der Waals surface area contributed by atoms with Gasteiger partial charge in [0.2, 0.25) is 0 Å². The van der Waals surface area contributed by atoms with Crippen molar-refractivity contribution in [3.63, 3.8) is 0 Å². The Balaban J connectivity index is 2.03. The number of aliphatic hydroxyl groups is 1. The highest BCUT2D eigenvalue weighted by Crippen LogP contribution is 2.29.